The molecular weight excluding hydrogens is 252 g/mol. The van der Waals surface area contributed by atoms with Gasteiger partial charge in [0.2, 0.25) is 6.04 Å². The summed E-state index contributed by atoms with van der Waals surface area (Å²) in [4.78, 5) is 11.0. The van der Waals surface area contributed by atoms with E-state index >= 15 is 0 Å². The van der Waals surface area contributed by atoms with Crippen LogP contribution in [0, 0.1) is 10.1 Å². The van der Waals surface area contributed by atoms with Gasteiger partial charge in [0.05, 0.1) is 0 Å². The molecule has 0 aromatic heterocycles. The van der Waals surface area contributed by atoms with Gasteiger partial charge in [-0.05, 0) is 18.4 Å². The van der Waals surface area contributed by atoms with Gasteiger partial charge in [-0.2, -0.15) is 0 Å². The Labute approximate surface area is 113 Å². The average Bonchev–Trinajstić information content (AvgIpc) is 2.39. The van der Waals surface area contributed by atoms with E-state index in [0.717, 1.165) is 18.4 Å². The lowest BCUT2D eigenvalue weighted by Gasteiger charge is -2.32. The molecule has 1 aliphatic heterocycles. The number of halogens is 1. The zero-order valence-electron chi connectivity index (χ0n) is 10.4. The smallest absolute Gasteiger partial charge is 0.232 e. The van der Waals surface area contributed by atoms with Crippen molar-refractivity contribution in [2.45, 2.75) is 44.3 Å². The van der Waals surface area contributed by atoms with Gasteiger partial charge in [0.25, 0.3) is 0 Å². The second-order valence-electron chi connectivity index (χ2n) is 4.59. The third kappa shape index (κ3) is 3.21. The molecule has 1 fully saturated rings. The topological polar surface area (TPSA) is 55.2 Å². The number of nitrogens with one attached hydrogen (secondary N) is 1. The Balaban J connectivity index is 0.00000162. The van der Waals surface area contributed by atoms with E-state index in [4.69, 9.17) is 0 Å². The molecule has 2 rings (SSSR count). The van der Waals surface area contributed by atoms with E-state index < -0.39 is 6.04 Å². The molecule has 0 aliphatic carbocycles. The monoisotopic (exact) mass is 270 g/mol. The molecule has 0 saturated carbocycles. The number of piperidine rings is 1. The van der Waals surface area contributed by atoms with Crippen LogP contribution in [0.15, 0.2) is 30.3 Å². The fourth-order valence-electron chi connectivity index (χ4n) is 2.51. The minimum absolute atomic E-state index is 0. The van der Waals surface area contributed by atoms with Crippen molar-refractivity contribution in [2.24, 2.45) is 0 Å². The summed E-state index contributed by atoms with van der Waals surface area (Å²) in [7, 11) is 0. The van der Waals surface area contributed by atoms with E-state index in [0.29, 0.717) is 12.5 Å². The van der Waals surface area contributed by atoms with Crippen molar-refractivity contribution in [3.8, 4) is 0 Å². The molecule has 0 spiro atoms. The van der Waals surface area contributed by atoms with Gasteiger partial charge >= 0.3 is 0 Å². The van der Waals surface area contributed by atoms with Gasteiger partial charge in [-0.25, -0.2) is 0 Å². The second-order valence-corrected chi connectivity index (χ2v) is 4.59. The molecular formula is C13H19ClN2O2. The molecule has 4 nitrogen and oxygen atoms in total. The predicted octanol–water partition coefficient (Wildman–Crippen LogP) is 2.96. The quantitative estimate of drug-likeness (QED) is 0.679. The first-order valence-corrected chi connectivity index (χ1v) is 6.17. The van der Waals surface area contributed by atoms with Crippen LogP contribution in [-0.4, -0.2) is 17.0 Å². The highest BCUT2D eigenvalue weighted by molar-refractivity contribution is 5.85. The van der Waals surface area contributed by atoms with E-state index in [1.54, 1.807) is 0 Å². The van der Waals surface area contributed by atoms with E-state index in [1.165, 1.54) is 0 Å². The van der Waals surface area contributed by atoms with Crippen molar-refractivity contribution in [1.29, 1.82) is 0 Å². The fraction of sp³-hybridized carbons (Fsp3) is 0.538. The summed E-state index contributed by atoms with van der Waals surface area (Å²) in [6, 6.07) is 9.48. The van der Waals surface area contributed by atoms with Gasteiger partial charge in [0, 0.05) is 17.4 Å². The molecule has 0 bridgehead atoms. The lowest BCUT2D eigenvalue weighted by molar-refractivity contribution is -0.531. The third-order valence-corrected chi connectivity index (χ3v) is 3.53. The van der Waals surface area contributed by atoms with Gasteiger partial charge in [0.1, 0.15) is 6.04 Å². The molecule has 1 aromatic carbocycles. The number of hydrogen-bond donors (Lipinski definition) is 1. The molecule has 0 radical (unpaired) electrons. The van der Waals surface area contributed by atoms with E-state index in [-0.39, 0.29) is 23.4 Å². The molecule has 0 unspecified atom stereocenters. The average molecular weight is 271 g/mol. The zero-order valence-corrected chi connectivity index (χ0v) is 11.2. The molecule has 1 saturated heterocycles. The Morgan fingerprint density at radius 1 is 1.33 bits per heavy atom. The summed E-state index contributed by atoms with van der Waals surface area (Å²) in [5, 5.41) is 14.5. The molecule has 100 valence electrons. The summed E-state index contributed by atoms with van der Waals surface area (Å²) < 4.78 is 0. The first-order chi connectivity index (χ1) is 8.22. The number of nitro groups is 1. The van der Waals surface area contributed by atoms with E-state index in [2.05, 4.69) is 12.2 Å². The lowest BCUT2D eigenvalue weighted by atomic mass is 9.88. The maximum absolute atomic E-state index is 11.1. The van der Waals surface area contributed by atoms with Gasteiger partial charge in [-0.15, -0.1) is 12.4 Å². The standard InChI is InChI=1S/C13H18N2O2.ClH/c1-2-11-8-9-12(15(16)17)13(14-11)10-6-4-3-5-7-10;/h3-7,11-14H,2,8-9H2,1H3;1H/t11-,12+,13-;/m0./s1. The molecule has 1 heterocycles. The Kier molecular flexibility index (Phi) is 5.56. The van der Waals surface area contributed by atoms with Crippen LogP contribution in [-0.2, 0) is 0 Å². The Bertz CT molecular complexity index is 386. The van der Waals surface area contributed by atoms with Gasteiger partial charge in [-0.3, -0.25) is 10.1 Å². The van der Waals surface area contributed by atoms with Crippen molar-refractivity contribution < 1.29 is 4.92 Å². The van der Waals surface area contributed by atoms with Crippen LogP contribution in [0.5, 0.6) is 0 Å². The van der Waals surface area contributed by atoms with Crippen molar-refractivity contribution in [3.63, 3.8) is 0 Å². The number of hydrogen-bond acceptors (Lipinski definition) is 3. The minimum Gasteiger partial charge on any atom is -0.301 e. The van der Waals surface area contributed by atoms with Crippen LogP contribution in [0.25, 0.3) is 0 Å². The highest BCUT2D eigenvalue weighted by atomic mass is 35.5. The molecule has 0 amide bonds. The van der Waals surface area contributed by atoms with Crippen molar-refractivity contribution in [3.05, 3.63) is 46.0 Å². The maximum atomic E-state index is 11.1. The first kappa shape index (κ1) is 14.9. The Morgan fingerprint density at radius 2 is 2.00 bits per heavy atom. The lowest BCUT2D eigenvalue weighted by Crippen LogP contribution is -2.47. The fourth-order valence-corrected chi connectivity index (χ4v) is 2.51. The summed E-state index contributed by atoms with van der Waals surface area (Å²) in [6.07, 6.45) is 2.58. The first-order valence-electron chi connectivity index (χ1n) is 6.17. The minimum atomic E-state index is -0.500. The Hall–Kier alpha value is -1.13. The normalized spacial score (nSPS) is 27.3. The Morgan fingerprint density at radius 3 is 2.56 bits per heavy atom. The van der Waals surface area contributed by atoms with Gasteiger partial charge < -0.3 is 5.32 Å². The second kappa shape index (κ2) is 6.71. The van der Waals surface area contributed by atoms with Crippen molar-refractivity contribution in [1.82, 2.24) is 5.32 Å². The highest BCUT2D eigenvalue weighted by Gasteiger charge is 2.37. The van der Waals surface area contributed by atoms with Crippen LogP contribution in [0.2, 0.25) is 0 Å². The summed E-state index contributed by atoms with van der Waals surface area (Å²) in [6.45, 7) is 2.12. The molecule has 18 heavy (non-hydrogen) atoms. The highest BCUT2D eigenvalue weighted by Crippen LogP contribution is 2.28. The van der Waals surface area contributed by atoms with Crippen LogP contribution < -0.4 is 5.32 Å². The molecule has 1 aliphatic rings. The predicted molar refractivity (Wildman–Crippen MR) is 73.7 cm³/mol. The van der Waals surface area contributed by atoms with Gasteiger partial charge in [0.15, 0.2) is 0 Å². The maximum Gasteiger partial charge on any atom is 0.232 e. The van der Waals surface area contributed by atoms with Crippen molar-refractivity contribution in [2.75, 3.05) is 0 Å². The summed E-state index contributed by atoms with van der Waals surface area (Å²) in [5.41, 5.74) is 1.02. The zero-order chi connectivity index (χ0) is 12.3. The third-order valence-electron chi connectivity index (χ3n) is 3.53. The largest absolute Gasteiger partial charge is 0.301 e. The van der Waals surface area contributed by atoms with E-state index in [9.17, 15) is 10.1 Å². The molecule has 3 atom stereocenters. The summed E-state index contributed by atoms with van der Waals surface area (Å²) in [5.74, 6) is 0. The molecule has 1 aromatic rings. The SMILES string of the molecule is CC[C@H]1CC[C@@H]([N+](=O)[O-])[C@H](c2ccccc2)N1.Cl. The van der Waals surface area contributed by atoms with Crippen molar-refractivity contribution >= 4 is 12.4 Å². The van der Waals surface area contributed by atoms with E-state index in [1.807, 2.05) is 30.3 Å². The molecule has 5 heteroatoms. The van der Waals surface area contributed by atoms with Crippen LogP contribution in [0.4, 0.5) is 0 Å². The number of nitrogens with zero attached hydrogens (tertiary/aromatic N) is 1. The molecule has 1 N–H and O–H groups in total. The summed E-state index contributed by atoms with van der Waals surface area (Å²) >= 11 is 0. The number of benzene rings is 1. The van der Waals surface area contributed by atoms with Gasteiger partial charge in [-0.1, -0.05) is 37.3 Å². The van der Waals surface area contributed by atoms with Crippen LogP contribution in [0.3, 0.4) is 0 Å². The van der Waals surface area contributed by atoms with Crippen LogP contribution >= 0.6 is 12.4 Å². The van der Waals surface area contributed by atoms with Crippen LogP contribution in [0.1, 0.15) is 37.8 Å². The number of rotatable bonds is 3.